The highest BCUT2D eigenvalue weighted by atomic mass is 79.9. The normalized spacial score (nSPS) is 27.3. The van der Waals surface area contributed by atoms with E-state index >= 15 is 0 Å². The lowest BCUT2D eigenvalue weighted by molar-refractivity contribution is -0.162. The number of benzene rings is 1. The summed E-state index contributed by atoms with van der Waals surface area (Å²) in [7, 11) is 0. The molecule has 3 aliphatic heterocycles. The van der Waals surface area contributed by atoms with E-state index in [4.69, 9.17) is 9.47 Å². The number of carbonyl (C=O) groups is 4. The van der Waals surface area contributed by atoms with Crippen LogP contribution in [0.4, 0.5) is 0 Å². The first-order valence-electron chi connectivity index (χ1n) is 17.3. The Kier molecular flexibility index (Phi) is 12.2. The van der Waals surface area contributed by atoms with Crippen molar-refractivity contribution in [1.29, 1.82) is 0 Å². The Morgan fingerprint density at radius 1 is 1.18 bits per heavy atom. The van der Waals surface area contributed by atoms with Crippen LogP contribution >= 0.6 is 15.9 Å². The van der Waals surface area contributed by atoms with E-state index in [0.717, 1.165) is 0 Å². The van der Waals surface area contributed by atoms with E-state index in [2.05, 4.69) is 55.2 Å². The van der Waals surface area contributed by atoms with Gasteiger partial charge in [0.15, 0.2) is 0 Å². The summed E-state index contributed by atoms with van der Waals surface area (Å²) >= 11 is 3.74. The Bertz CT molecular complexity index is 1400. The number of carbonyl (C=O) groups excluding carboxylic acids is 4. The molecule has 0 aromatic heterocycles. The number of likely N-dealkylation sites (tertiary alicyclic amines) is 1. The minimum atomic E-state index is -1.28. The second-order valence-electron chi connectivity index (χ2n) is 15.5. The SMILES string of the molecule is C=CCCC(=O)N[C@H](C)[C@@H](OC(=O)[C@@H]1[C@H]2O[C@@]3(CC2Br)[C@H](C(=O)N(CC=C)C(C)(C)CC(C)(C)C)N(CCCO)C(=O)[C@@H]13)c1ccccc1. The van der Waals surface area contributed by atoms with Gasteiger partial charge in [0.2, 0.25) is 17.7 Å². The Labute approximate surface area is 299 Å². The van der Waals surface area contributed by atoms with Gasteiger partial charge in [-0.25, -0.2) is 0 Å². The van der Waals surface area contributed by atoms with Crippen molar-refractivity contribution >= 4 is 39.6 Å². The maximum atomic E-state index is 14.9. The number of alkyl halides is 1. The average molecular weight is 745 g/mol. The molecule has 1 unspecified atom stereocenters. The first-order valence-corrected chi connectivity index (χ1v) is 18.3. The summed E-state index contributed by atoms with van der Waals surface area (Å²) in [6.07, 6.45) is 3.88. The summed E-state index contributed by atoms with van der Waals surface area (Å²) in [4.78, 5) is 59.4. The molecule has 3 aliphatic rings. The molecule has 11 heteroatoms. The molecule has 4 rings (SSSR count). The maximum Gasteiger partial charge on any atom is 0.313 e. The molecule has 3 saturated heterocycles. The number of rotatable bonds is 16. The highest BCUT2D eigenvalue weighted by Crippen LogP contribution is 2.60. The van der Waals surface area contributed by atoms with Crippen LogP contribution in [0.25, 0.3) is 0 Å². The molecule has 10 nitrogen and oxygen atoms in total. The second kappa shape index (κ2) is 15.5. The van der Waals surface area contributed by atoms with E-state index in [0.29, 0.717) is 24.8 Å². The maximum absolute atomic E-state index is 14.9. The quantitative estimate of drug-likeness (QED) is 0.137. The van der Waals surface area contributed by atoms with Crippen LogP contribution in [-0.2, 0) is 28.7 Å². The molecule has 49 heavy (non-hydrogen) atoms. The fraction of sp³-hybridized carbons (Fsp3) is 0.632. The first kappa shape index (κ1) is 38.8. The highest BCUT2D eigenvalue weighted by molar-refractivity contribution is 9.09. The lowest BCUT2D eigenvalue weighted by Gasteiger charge is -2.45. The van der Waals surface area contributed by atoms with Gasteiger partial charge in [0.05, 0.1) is 24.0 Å². The lowest BCUT2D eigenvalue weighted by Crippen LogP contribution is -2.61. The fourth-order valence-corrected chi connectivity index (χ4v) is 9.35. The summed E-state index contributed by atoms with van der Waals surface area (Å²) in [6, 6.07) is 7.59. The molecular formula is C38H54BrN3O7. The van der Waals surface area contributed by atoms with E-state index in [-0.39, 0.29) is 60.5 Å². The van der Waals surface area contributed by atoms with Crippen LogP contribution in [0.5, 0.6) is 0 Å². The number of amides is 3. The number of allylic oxidation sites excluding steroid dienone is 1. The zero-order valence-corrected chi connectivity index (χ0v) is 31.4. The molecule has 0 saturated carbocycles. The van der Waals surface area contributed by atoms with Crippen molar-refractivity contribution in [3.63, 3.8) is 0 Å². The molecular weight excluding hydrogens is 690 g/mol. The summed E-state index contributed by atoms with van der Waals surface area (Å²) in [5.41, 5.74) is -1.28. The fourth-order valence-electron chi connectivity index (χ4n) is 8.41. The van der Waals surface area contributed by atoms with Gasteiger partial charge in [-0.2, -0.15) is 0 Å². The number of hydrogen-bond acceptors (Lipinski definition) is 7. The van der Waals surface area contributed by atoms with Gasteiger partial charge in [0.1, 0.15) is 17.7 Å². The molecule has 1 spiro atoms. The van der Waals surface area contributed by atoms with Gasteiger partial charge in [-0.3, -0.25) is 19.2 Å². The Hall–Kier alpha value is -3.02. The molecule has 1 aromatic rings. The van der Waals surface area contributed by atoms with Crippen molar-refractivity contribution < 1.29 is 33.8 Å². The molecule has 8 atom stereocenters. The number of aliphatic hydroxyl groups is 1. The average Bonchev–Trinajstić information content (AvgIpc) is 3.62. The Balaban J connectivity index is 1.72. The minimum absolute atomic E-state index is 0.0955. The third-order valence-corrected chi connectivity index (χ3v) is 10.8. The van der Waals surface area contributed by atoms with Crippen molar-refractivity contribution in [3.8, 4) is 0 Å². The molecule has 3 amide bonds. The molecule has 0 radical (unpaired) electrons. The monoisotopic (exact) mass is 743 g/mol. The number of halogens is 1. The zero-order chi connectivity index (χ0) is 36.3. The van der Waals surface area contributed by atoms with Crippen molar-refractivity contribution in [2.45, 2.75) is 114 Å². The second-order valence-corrected chi connectivity index (χ2v) is 16.7. The van der Waals surface area contributed by atoms with E-state index in [9.17, 15) is 24.3 Å². The van der Waals surface area contributed by atoms with E-state index in [1.165, 1.54) is 4.90 Å². The number of fused-ring (bicyclic) bond motifs is 1. The third kappa shape index (κ3) is 7.99. The predicted octanol–water partition coefficient (Wildman–Crippen LogP) is 5.10. The Morgan fingerprint density at radius 2 is 1.86 bits per heavy atom. The molecule has 3 fully saturated rings. The summed E-state index contributed by atoms with van der Waals surface area (Å²) in [6.45, 7) is 20.0. The van der Waals surface area contributed by atoms with Gasteiger partial charge < -0.3 is 29.7 Å². The van der Waals surface area contributed by atoms with Crippen LogP contribution in [0.3, 0.4) is 0 Å². The third-order valence-electron chi connectivity index (χ3n) is 9.91. The highest BCUT2D eigenvalue weighted by Gasteiger charge is 2.77. The topological polar surface area (TPSA) is 125 Å². The largest absolute Gasteiger partial charge is 0.455 e. The number of aliphatic hydroxyl groups excluding tert-OH is 1. The zero-order valence-electron chi connectivity index (χ0n) is 29.8. The number of esters is 1. The van der Waals surface area contributed by atoms with E-state index < -0.39 is 53.2 Å². The standard InChI is InChI=1S/C38H54BrN3O7/c1-9-11-18-27(44)40-24(3)30(25-16-13-12-14-17-25)48-35(47)28-29-33(45)41(20-15-21-43)32(38(29)22-26(39)31(28)49-38)34(46)42(19-10-2)37(7,8)23-36(4,5)6/h9-10,12-14,16-17,24,26,28-32,43H,1-2,11,15,18-23H2,3-8H3,(H,40,44)/t24-,26?,28+,29-,30-,31+,32+,38-/m1/s1. The van der Waals surface area contributed by atoms with Gasteiger partial charge in [-0.1, -0.05) is 79.2 Å². The Morgan fingerprint density at radius 3 is 2.45 bits per heavy atom. The first-order chi connectivity index (χ1) is 23.0. The van der Waals surface area contributed by atoms with Crippen LogP contribution in [0.1, 0.15) is 85.3 Å². The minimum Gasteiger partial charge on any atom is -0.455 e. The number of ether oxygens (including phenoxy) is 2. The van der Waals surface area contributed by atoms with Crippen molar-refractivity contribution in [2.24, 2.45) is 17.3 Å². The molecule has 2 bridgehead atoms. The van der Waals surface area contributed by atoms with Crippen LogP contribution in [0, 0.1) is 17.3 Å². The van der Waals surface area contributed by atoms with Crippen LogP contribution < -0.4 is 5.32 Å². The van der Waals surface area contributed by atoms with Crippen LogP contribution in [0.15, 0.2) is 55.6 Å². The van der Waals surface area contributed by atoms with Crippen LogP contribution in [-0.4, -0.2) is 92.4 Å². The summed E-state index contributed by atoms with van der Waals surface area (Å²) in [5.74, 6) is -3.40. The van der Waals surface area contributed by atoms with Gasteiger partial charge >= 0.3 is 5.97 Å². The van der Waals surface area contributed by atoms with Gasteiger partial charge in [-0.05, 0) is 57.4 Å². The summed E-state index contributed by atoms with van der Waals surface area (Å²) in [5, 5.41) is 12.7. The van der Waals surface area contributed by atoms with E-state index in [1.54, 1.807) is 24.0 Å². The smallest absolute Gasteiger partial charge is 0.313 e. The van der Waals surface area contributed by atoms with Crippen molar-refractivity contribution in [3.05, 3.63) is 61.2 Å². The molecule has 270 valence electrons. The molecule has 0 aliphatic carbocycles. The van der Waals surface area contributed by atoms with Gasteiger partial charge in [0, 0.05) is 36.5 Å². The lowest BCUT2D eigenvalue weighted by atomic mass is 9.70. The number of nitrogens with one attached hydrogen (secondary N) is 1. The number of nitrogens with zero attached hydrogens (tertiary/aromatic N) is 2. The molecule has 2 N–H and O–H groups in total. The molecule has 1 aromatic carbocycles. The van der Waals surface area contributed by atoms with E-state index in [1.807, 2.05) is 44.2 Å². The van der Waals surface area contributed by atoms with Crippen molar-refractivity contribution in [2.75, 3.05) is 19.7 Å². The van der Waals surface area contributed by atoms with Gasteiger partial charge in [0.25, 0.3) is 0 Å². The molecule has 3 heterocycles. The predicted molar refractivity (Wildman–Crippen MR) is 191 cm³/mol. The summed E-state index contributed by atoms with van der Waals surface area (Å²) < 4.78 is 13.0. The number of hydrogen-bond donors (Lipinski definition) is 2. The van der Waals surface area contributed by atoms with Crippen molar-refractivity contribution in [1.82, 2.24) is 15.1 Å². The van der Waals surface area contributed by atoms with Gasteiger partial charge in [-0.15, -0.1) is 13.2 Å². The van der Waals surface area contributed by atoms with Crippen LogP contribution in [0.2, 0.25) is 0 Å².